The molecule has 0 spiro atoms. The number of thiocarbonyl (C=S) groups is 1. The van der Waals surface area contributed by atoms with E-state index in [2.05, 4.69) is 26.6 Å². The number of benzene rings is 2. The number of hydrogen-bond acceptors (Lipinski definition) is 3. The van der Waals surface area contributed by atoms with E-state index in [-0.39, 0.29) is 21.6 Å². The van der Waals surface area contributed by atoms with Crippen molar-refractivity contribution in [3.8, 4) is 0 Å². The highest BCUT2D eigenvalue weighted by Crippen LogP contribution is 2.23. The summed E-state index contributed by atoms with van der Waals surface area (Å²) < 4.78 is 0.854. The molecule has 2 aromatic carbocycles. The van der Waals surface area contributed by atoms with Gasteiger partial charge in [-0.3, -0.25) is 10.1 Å². The number of nitrogens with one attached hydrogen (secondary N) is 2. The van der Waals surface area contributed by atoms with Crippen molar-refractivity contribution in [2.45, 2.75) is 0 Å². The lowest BCUT2D eigenvalue weighted by Gasteiger charge is -2.11. The van der Waals surface area contributed by atoms with Crippen LogP contribution in [0.4, 0.5) is 5.69 Å². The molecule has 0 unspecified atom stereocenters. The second-order valence-corrected chi connectivity index (χ2v) is 6.15. The van der Waals surface area contributed by atoms with Gasteiger partial charge in [0.25, 0.3) is 5.91 Å². The number of carbonyl (C=O) groups is 2. The number of aromatic carboxylic acids is 1. The van der Waals surface area contributed by atoms with Crippen LogP contribution in [0.2, 0.25) is 5.02 Å². The summed E-state index contributed by atoms with van der Waals surface area (Å²) >= 11 is 14.3. The molecule has 0 saturated heterocycles. The van der Waals surface area contributed by atoms with Gasteiger partial charge < -0.3 is 10.4 Å². The number of rotatable bonds is 3. The van der Waals surface area contributed by atoms with Gasteiger partial charge in [-0.15, -0.1) is 0 Å². The lowest BCUT2D eigenvalue weighted by atomic mass is 10.2. The molecule has 1 amide bonds. The van der Waals surface area contributed by atoms with E-state index in [1.165, 1.54) is 18.2 Å². The Hall–Kier alpha value is -1.96. The number of amides is 1. The summed E-state index contributed by atoms with van der Waals surface area (Å²) in [6, 6.07) is 10.9. The van der Waals surface area contributed by atoms with E-state index >= 15 is 0 Å². The zero-order valence-corrected chi connectivity index (χ0v) is 14.6. The summed E-state index contributed by atoms with van der Waals surface area (Å²) in [5, 5.41) is 14.5. The first-order valence-corrected chi connectivity index (χ1v) is 7.85. The summed E-state index contributed by atoms with van der Waals surface area (Å²) in [4.78, 5) is 23.0. The molecule has 3 N–H and O–H groups in total. The number of hydrogen-bond donors (Lipinski definition) is 3. The van der Waals surface area contributed by atoms with Crippen LogP contribution >= 0.6 is 39.7 Å². The number of halogens is 2. The van der Waals surface area contributed by atoms with Crippen LogP contribution in [0.1, 0.15) is 20.7 Å². The molecule has 0 aliphatic heterocycles. The van der Waals surface area contributed by atoms with Crippen LogP contribution in [0.5, 0.6) is 0 Å². The average Bonchev–Trinajstić information content (AvgIpc) is 2.49. The van der Waals surface area contributed by atoms with E-state index < -0.39 is 5.97 Å². The minimum Gasteiger partial charge on any atom is -0.478 e. The van der Waals surface area contributed by atoms with Crippen molar-refractivity contribution < 1.29 is 14.7 Å². The summed E-state index contributed by atoms with van der Waals surface area (Å²) in [6.07, 6.45) is 0. The fourth-order valence-electron chi connectivity index (χ4n) is 1.68. The Morgan fingerprint density at radius 2 is 1.70 bits per heavy atom. The van der Waals surface area contributed by atoms with Gasteiger partial charge in [0.15, 0.2) is 5.11 Å². The van der Waals surface area contributed by atoms with E-state index in [1.807, 2.05) is 0 Å². The molecule has 0 atom stereocenters. The van der Waals surface area contributed by atoms with Gasteiger partial charge in [0.2, 0.25) is 0 Å². The molecular formula is C15H10BrClN2O3S. The van der Waals surface area contributed by atoms with Gasteiger partial charge >= 0.3 is 5.97 Å². The first-order valence-electron chi connectivity index (χ1n) is 6.27. The van der Waals surface area contributed by atoms with Gasteiger partial charge in [-0.1, -0.05) is 27.5 Å². The second kappa shape index (κ2) is 7.54. The maximum atomic E-state index is 12.0. The summed E-state index contributed by atoms with van der Waals surface area (Å²) in [7, 11) is 0. The smallest absolute Gasteiger partial charge is 0.335 e. The molecule has 8 heteroatoms. The lowest BCUT2D eigenvalue weighted by Crippen LogP contribution is -2.34. The van der Waals surface area contributed by atoms with Gasteiger partial charge in [0.1, 0.15) is 0 Å². The molecular weight excluding hydrogens is 404 g/mol. The molecule has 0 bridgehead atoms. The minimum atomic E-state index is -1.09. The topological polar surface area (TPSA) is 78.4 Å². The van der Waals surface area contributed by atoms with Crippen molar-refractivity contribution in [3.05, 3.63) is 63.1 Å². The monoisotopic (exact) mass is 412 g/mol. The van der Waals surface area contributed by atoms with Crippen LogP contribution < -0.4 is 10.6 Å². The van der Waals surface area contributed by atoms with Crippen LogP contribution in [-0.4, -0.2) is 22.1 Å². The van der Waals surface area contributed by atoms with E-state index in [0.717, 1.165) is 4.47 Å². The van der Waals surface area contributed by atoms with Crippen LogP contribution in [0, 0.1) is 0 Å². The average molecular weight is 414 g/mol. The van der Waals surface area contributed by atoms with Gasteiger partial charge in [-0.25, -0.2) is 4.79 Å². The van der Waals surface area contributed by atoms with E-state index in [9.17, 15) is 9.59 Å². The highest BCUT2D eigenvalue weighted by molar-refractivity contribution is 9.10. The molecule has 0 radical (unpaired) electrons. The largest absolute Gasteiger partial charge is 0.478 e. The maximum Gasteiger partial charge on any atom is 0.335 e. The van der Waals surface area contributed by atoms with Crippen LogP contribution in [0.3, 0.4) is 0 Å². The summed E-state index contributed by atoms with van der Waals surface area (Å²) in [6.45, 7) is 0. The standard InChI is InChI=1S/C15H10BrClN2O3S/c16-10-4-1-8(2-5-10)13(20)19-15(23)18-12-7-9(14(21)22)3-6-11(12)17/h1-7H,(H,21,22)(H2,18,19,20,23). The summed E-state index contributed by atoms with van der Waals surface area (Å²) in [5.74, 6) is -1.48. The van der Waals surface area contributed by atoms with E-state index in [4.69, 9.17) is 28.9 Å². The van der Waals surface area contributed by atoms with Crippen LogP contribution in [0.15, 0.2) is 46.9 Å². The van der Waals surface area contributed by atoms with Crippen LogP contribution in [-0.2, 0) is 0 Å². The van der Waals surface area contributed by atoms with E-state index in [1.54, 1.807) is 24.3 Å². The third kappa shape index (κ3) is 4.75. The maximum absolute atomic E-state index is 12.0. The number of carboxylic acid groups (broad SMARTS) is 1. The van der Waals surface area contributed by atoms with Crippen molar-refractivity contribution in [2.24, 2.45) is 0 Å². The van der Waals surface area contributed by atoms with Crippen LogP contribution in [0.25, 0.3) is 0 Å². The molecule has 2 aromatic rings. The van der Waals surface area contributed by atoms with Gasteiger partial charge in [0.05, 0.1) is 16.3 Å². The van der Waals surface area contributed by atoms with Crippen molar-refractivity contribution in [1.29, 1.82) is 0 Å². The number of anilines is 1. The number of carbonyl (C=O) groups excluding carboxylic acids is 1. The fourth-order valence-corrected chi connectivity index (χ4v) is 2.32. The molecule has 5 nitrogen and oxygen atoms in total. The zero-order valence-electron chi connectivity index (χ0n) is 11.5. The highest BCUT2D eigenvalue weighted by atomic mass is 79.9. The molecule has 2 rings (SSSR count). The minimum absolute atomic E-state index is 0.0161. The molecule has 0 fully saturated rings. The van der Waals surface area contributed by atoms with E-state index in [0.29, 0.717) is 11.3 Å². The van der Waals surface area contributed by atoms with Crippen molar-refractivity contribution in [3.63, 3.8) is 0 Å². The quantitative estimate of drug-likeness (QED) is 0.665. The van der Waals surface area contributed by atoms with Crippen molar-refractivity contribution in [2.75, 3.05) is 5.32 Å². The second-order valence-electron chi connectivity index (χ2n) is 4.41. The molecule has 0 saturated carbocycles. The Morgan fingerprint density at radius 3 is 2.30 bits per heavy atom. The third-order valence-corrected chi connectivity index (χ3v) is 3.86. The number of carboxylic acids is 1. The Morgan fingerprint density at radius 1 is 1.09 bits per heavy atom. The SMILES string of the molecule is O=C(O)c1ccc(Cl)c(NC(=S)NC(=O)c2ccc(Br)cc2)c1. The molecule has 0 aliphatic rings. The predicted octanol–water partition coefficient (Wildman–Crippen LogP) is 3.93. The molecule has 0 heterocycles. The predicted molar refractivity (Wildman–Crippen MR) is 96.2 cm³/mol. The molecule has 23 heavy (non-hydrogen) atoms. The van der Waals surface area contributed by atoms with Crippen molar-refractivity contribution in [1.82, 2.24) is 5.32 Å². The Kier molecular flexibility index (Phi) is 5.70. The Balaban J connectivity index is 2.07. The Bertz CT molecular complexity index is 781. The molecule has 0 aliphatic carbocycles. The molecule has 0 aromatic heterocycles. The van der Waals surface area contributed by atoms with Gasteiger partial charge in [-0.2, -0.15) is 0 Å². The Labute approximate surface area is 150 Å². The third-order valence-electron chi connectivity index (χ3n) is 2.79. The van der Waals surface area contributed by atoms with Gasteiger partial charge in [0, 0.05) is 10.0 Å². The first kappa shape index (κ1) is 17.4. The highest BCUT2D eigenvalue weighted by Gasteiger charge is 2.11. The lowest BCUT2D eigenvalue weighted by molar-refractivity contribution is 0.0696. The zero-order chi connectivity index (χ0) is 17.0. The van der Waals surface area contributed by atoms with Crippen molar-refractivity contribution >= 4 is 62.4 Å². The summed E-state index contributed by atoms with van der Waals surface area (Å²) in [5.41, 5.74) is 0.786. The normalized spacial score (nSPS) is 10.0. The van der Waals surface area contributed by atoms with Gasteiger partial charge in [-0.05, 0) is 54.7 Å². The first-order chi connectivity index (χ1) is 10.9. The molecule has 118 valence electrons. The fraction of sp³-hybridized carbons (Fsp3) is 0.